The monoisotopic (exact) mass is 371 g/mol. The van der Waals surface area contributed by atoms with Crippen molar-refractivity contribution in [1.29, 1.82) is 0 Å². The largest absolute Gasteiger partial charge is 0.336 e. The zero-order valence-electron chi connectivity index (χ0n) is 14.0. The molecule has 0 aliphatic carbocycles. The van der Waals surface area contributed by atoms with Crippen LogP contribution in [0.4, 0.5) is 0 Å². The number of likely N-dealkylation sites (tertiary alicyclic amines) is 1. The van der Waals surface area contributed by atoms with Crippen LogP contribution < -0.4 is 5.32 Å². The second kappa shape index (κ2) is 6.36. The molecule has 1 atom stereocenters. The molecule has 2 aromatic heterocycles. The summed E-state index contributed by atoms with van der Waals surface area (Å²) in [7, 11) is 0. The van der Waals surface area contributed by atoms with Crippen molar-refractivity contribution < 1.29 is 4.79 Å². The van der Waals surface area contributed by atoms with Crippen molar-refractivity contribution in [1.82, 2.24) is 15.1 Å². The number of hydrogen-bond acceptors (Lipinski definition) is 5. The molecule has 2 fully saturated rings. The van der Waals surface area contributed by atoms with Crippen molar-refractivity contribution >= 4 is 48.1 Å². The number of nitrogens with one attached hydrogen (secondary N) is 1. The molecule has 5 rings (SSSR count). The van der Waals surface area contributed by atoms with Crippen LogP contribution in [-0.4, -0.2) is 61.0 Å². The third kappa shape index (κ3) is 2.77. The molecule has 0 bridgehead atoms. The third-order valence-corrected chi connectivity index (χ3v) is 7.78. The van der Waals surface area contributed by atoms with Crippen LogP contribution in [0.15, 0.2) is 30.3 Å². The zero-order chi connectivity index (χ0) is 16.8. The van der Waals surface area contributed by atoms with Gasteiger partial charge in [-0.1, -0.05) is 18.2 Å². The number of carbonyl (C=O) groups is 1. The van der Waals surface area contributed by atoms with E-state index in [0.29, 0.717) is 6.04 Å². The second-order valence-corrected chi connectivity index (χ2v) is 9.02. The summed E-state index contributed by atoms with van der Waals surface area (Å²) in [5.74, 6) is 0.218. The van der Waals surface area contributed by atoms with E-state index in [-0.39, 0.29) is 5.91 Å². The normalized spacial score (nSPS) is 22.2. The van der Waals surface area contributed by atoms with Gasteiger partial charge in [-0.25, -0.2) is 0 Å². The van der Waals surface area contributed by atoms with Gasteiger partial charge in [0.05, 0.1) is 9.58 Å². The molecule has 2 aliphatic rings. The molecule has 2 saturated heterocycles. The van der Waals surface area contributed by atoms with Crippen LogP contribution in [-0.2, 0) is 0 Å². The lowest BCUT2D eigenvalue weighted by atomic mass is 10.2. The average Bonchev–Trinajstić information content (AvgIpc) is 3.36. The molecule has 3 aromatic rings. The van der Waals surface area contributed by atoms with Crippen molar-refractivity contribution in [3.8, 4) is 0 Å². The molecule has 0 saturated carbocycles. The lowest BCUT2D eigenvalue weighted by molar-refractivity contribution is 0.0778. The van der Waals surface area contributed by atoms with Gasteiger partial charge in [-0.15, -0.1) is 22.7 Å². The SMILES string of the molecule is O=C(c1cc2sc3ccccc3c2s1)N1CCC(N2CCNCC2)C1. The number of hydrogen-bond donors (Lipinski definition) is 1. The average molecular weight is 372 g/mol. The maximum absolute atomic E-state index is 13.0. The van der Waals surface area contributed by atoms with Crippen LogP contribution in [0.3, 0.4) is 0 Å². The Kier molecular flexibility index (Phi) is 4.01. The molecule has 0 spiro atoms. The van der Waals surface area contributed by atoms with Crippen molar-refractivity contribution in [3.05, 3.63) is 35.2 Å². The quantitative estimate of drug-likeness (QED) is 0.751. The molecule has 1 aromatic carbocycles. The first-order valence-corrected chi connectivity index (χ1v) is 10.6. The maximum Gasteiger partial charge on any atom is 0.264 e. The summed E-state index contributed by atoms with van der Waals surface area (Å²) < 4.78 is 3.82. The van der Waals surface area contributed by atoms with Gasteiger partial charge in [0.25, 0.3) is 5.91 Å². The first-order chi connectivity index (χ1) is 12.3. The number of fused-ring (bicyclic) bond motifs is 3. The Morgan fingerprint density at radius 1 is 1.08 bits per heavy atom. The first kappa shape index (κ1) is 15.8. The van der Waals surface area contributed by atoms with Gasteiger partial charge in [0.2, 0.25) is 0 Å². The summed E-state index contributed by atoms with van der Waals surface area (Å²) in [6, 6.07) is 11.1. The molecule has 6 heteroatoms. The number of benzene rings is 1. The Hall–Kier alpha value is -1.47. The molecule has 1 unspecified atom stereocenters. The van der Waals surface area contributed by atoms with Gasteiger partial charge in [0.15, 0.2) is 0 Å². The fourth-order valence-corrected chi connectivity index (χ4v) is 6.53. The minimum atomic E-state index is 0.218. The molecule has 1 amide bonds. The molecule has 25 heavy (non-hydrogen) atoms. The van der Waals surface area contributed by atoms with Gasteiger partial charge in [0.1, 0.15) is 0 Å². The molecule has 1 N–H and O–H groups in total. The summed E-state index contributed by atoms with van der Waals surface area (Å²) in [6.45, 7) is 6.11. The van der Waals surface area contributed by atoms with Gasteiger partial charge in [-0.2, -0.15) is 0 Å². The van der Waals surface area contributed by atoms with E-state index >= 15 is 0 Å². The molecular weight excluding hydrogens is 350 g/mol. The molecule has 2 aliphatic heterocycles. The summed E-state index contributed by atoms with van der Waals surface area (Å²) in [5, 5.41) is 4.69. The smallest absolute Gasteiger partial charge is 0.264 e. The van der Waals surface area contributed by atoms with E-state index in [2.05, 4.69) is 45.4 Å². The van der Waals surface area contributed by atoms with E-state index in [4.69, 9.17) is 0 Å². The minimum Gasteiger partial charge on any atom is -0.336 e. The van der Waals surface area contributed by atoms with Crippen LogP contribution in [0.2, 0.25) is 0 Å². The van der Waals surface area contributed by atoms with Crippen molar-refractivity contribution in [2.24, 2.45) is 0 Å². The van der Waals surface area contributed by atoms with E-state index in [1.165, 1.54) is 19.5 Å². The molecule has 130 valence electrons. The minimum absolute atomic E-state index is 0.218. The Labute approximate surface area is 155 Å². The Balaban J connectivity index is 1.36. The second-order valence-electron chi connectivity index (χ2n) is 6.88. The summed E-state index contributed by atoms with van der Waals surface area (Å²) in [5.41, 5.74) is 0. The van der Waals surface area contributed by atoms with E-state index in [1.807, 2.05) is 0 Å². The van der Waals surface area contributed by atoms with E-state index in [0.717, 1.165) is 50.6 Å². The van der Waals surface area contributed by atoms with E-state index in [9.17, 15) is 4.79 Å². The van der Waals surface area contributed by atoms with Gasteiger partial charge in [-0.05, 0) is 18.6 Å². The van der Waals surface area contributed by atoms with Crippen LogP contribution >= 0.6 is 22.7 Å². The van der Waals surface area contributed by atoms with Gasteiger partial charge >= 0.3 is 0 Å². The molecule has 4 nitrogen and oxygen atoms in total. The zero-order valence-corrected chi connectivity index (χ0v) is 15.7. The maximum atomic E-state index is 13.0. The Bertz CT molecular complexity index is 925. The predicted octanol–water partition coefficient (Wildman–Crippen LogP) is 3.24. The fraction of sp³-hybridized carbons (Fsp3) is 0.421. The standard InChI is InChI=1S/C19H21N3OS2/c23-19(22-8-5-13(12-22)21-9-6-20-7-10-21)17-11-16-18(25-17)14-3-1-2-4-15(14)24-16/h1-4,11,13,20H,5-10,12H2. The highest BCUT2D eigenvalue weighted by atomic mass is 32.1. The van der Waals surface area contributed by atoms with Gasteiger partial charge < -0.3 is 10.2 Å². The lowest BCUT2D eigenvalue weighted by Gasteiger charge is -2.32. The number of nitrogens with zero attached hydrogens (tertiary/aromatic N) is 2. The van der Waals surface area contributed by atoms with Crippen LogP contribution in [0.25, 0.3) is 19.5 Å². The number of amides is 1. The third-order valence-electron chi connectivity index (χ3n) is 5.38. The summed E-state index contributed by atoms with van der Waals surface area (Å²) in [4.78, 5) is 18.5. The van der Waals surface area contributed by atoms with Gasteiger partial charge in [-0.3, -0.25) is 9.69 Å². The molecule has 0 radical (unpaired) electrons. The van der Waals surface area contributed by atoms with Crippen LogP contribution in [0.1, 0.15) is 16.1 Å². The van der Waals surface area contributed by atoms with Crippen molar-refractivity contribution in [2.45, 2.75) is 12.5 Å². The van der Waals surface area contributed by atoms with E-state index < -0.39 is 0 Å². The molecular formula is C19H21N3OS2. The topological polar surface area (TPSA) is 35.6 Å². The highest BCUT2D eigenvalue weighted by Crippen LogP contribution is 2.39. The summed E-state index contributed by atoms with van der Waals surface area (Å²) in [6.07, 6.45) is 1.11. The number of rotatable bonds is 2. The summed E-state index contributed by atoms with van der Waals surface area (Å²) >= 11 is 3.45. The number of carbonyl (C=O) groups excluding carboxylic acids is 1. The van der Waals surface area contributed by atoms with Crippen LogP contribution in [0.5, 0.6) is 0 Å². The van der Waals surface area contributed by atoms with E-state index in [1.54, 1.807) is 22.7 Å². The first-order valence-electron chi connectivity index (χ1n) is 8.95. The number of thiophene rings is 2. The van der Waals surface area contributed by atoms with Crippen molar-refractivity contribution in [3.63, 3.8) is 0 Å². The Morgan fingerprint density at radius 2 is 1.92 bits per heavy atom. The number of piperazine rings is 1. The lowest BCUT2D eigenvalue weighted by Crippen LogP contribution is -2.49. The fourth-order valence-electron chi connectivity index (χ4n) is 4.03. The van der Waals surface area contributed by atoms with Gasteiger partial charge in [0, 0.05) is 60.1 Å². The molecule has 4 heterocycles. The van der Waals surface area contributed by atoms with Crippen molar-refractivity contribution in [2.75, 3.05) is 39.3 Å². The Morgan fingerprint density at radius 3 is 2.80 bits per heavy atom. The highest BCUT2D eigenvalue weighted by molar-refractivity contribution is 7.33. The van der Waals surface area contributed by atoms with Crippen LogP contribution in [0, 0.1) is 0 Å². The predicted molar refractivity (Wildman–Crippen MR) is 106 cm³/mol. The highest BCUT2D eigenvalue weighted by Gasteiger charge is 2.32.